The van der Waals surface area contributed by atoms with Gasteiger partial charge >= 0.3 is 19.8 Å². The number of rotatable bonds is 3. The molecule has 10 nitrogen and oxygen atoms in total. The summed E-state index contributed by atoms with van der Waals surface area (Å²) in [6, 6.07) is 41.8. The van der Waals surface area contributed by atoms with Gasteiger partial charge in [-0.05, 0) is 72.8 Å². The fraction of sp³-hybridized carbons (Fsp3) is 0.105. The number of nitrogens with zero attached hydrogens (tertiary/aromatic N) is 10. The molecule has 0 unspecified atom stereocenters. The largest absolute Gasteiger partial charge is 3.00 e. The first kappa shape index (κ1) is 57.0. The van der Waals surface area contributed by atoms with Crippen LogP contribution in [0.15, 0.2) is 146 Å². The van der Waals surface area contributed by atoms with Crippen LogP contribution >= 0.6 is 0 Å². The average Bonchev–Trinajstić information content (AvgIpc) is 3.16. The van der Waals surface area contributed by atoms with Crippen molar-refractivity contribution in [1.29, 1.82) is 21.0 Å². The molecule has 0 aliphatic carbocycles. The molecule has 6 aromatic rings. The zero-order chi connectivity index (χ0) is 35.5. The summed E-state index contributed by atoms with van der Waals surface area (Å²) in [4.78, 5) is 25.1. The van der Waals surface area contributed by atoms with Crippen molar-refractivity contribution in [3.63, 3.8) is 0 Å². The summed E-state index contributed by atoms with van der Waals surface area (Å²) in [5, 5.41) is 29.3. The Morgan fingerprint density at radius 2 is 0.423 bits per heavy atom. The topological polar surface area (TPSA) is 172 Å². The van der Waals surface area contributed by atoms with Crippen LogP contribution in [0.5, 0.6) is 0 Å². The Labute approximate surface area is 371 Å². The molecule has 0 fully saturated rings. The van der Waals surface area contributed by atoms with Crippen molar-refractivity contribution in [3.05, 3.63) is 146 Å². The van der Waals surface area contributed by atoms with Crippen molar-refractivity contribution >= 4 is 19.8 Å². The van der Waals surface area contributed by atoms with Crippen LogP contribution in [0.4, 0.5) is 0 Å². The van der Waals surface area contributed by atoms with Gasteiger partial charge in [-0.2, -0.15) is 21.0 Å². The van der Waals surface area contributed by atoms with Gasteiger partial charge in [-0.25, -0.2) is 0 Å². The maximum atomic E-state index is 7.32. The third-order valence-corrected chi connectivity index (χ3v) is 4.78. The Kier molecular flexibility index (Phi) is 47.0. The molecule has 0 saturated carbocycles. The Balaban J connectivity index is -0.000000178. The summed E-state index contributed by atoms with van der Waals surface area (Å²) in [6.45, 7) is 5.72. The zero-order valence-electron chi connectivity index (χ0n) is 29.0. The summed E-state index contributed by atoms with van der Waals surface area (Å²) >= 11 is 0. The molecule has 6 heterocycles. The van der Waals surface area contributed by atoms with Crippen molar-refractivity contribution in [2.24, 2.45) is 0 Å². The summed E-state index contributed by atoms with van der Waals surface area (Å²) in [5.41, 5.74) is 5.49. The molecule has 6 rings (SSSR count). The van der Waals surface area contributed by atoms with Crippen LogP contribution in [-0.4, -0.2) is 49.7 Å². The van der Waals surface area contributed by atoms with E-state index in [-0.39, 0.29) is 91.7 Å². The number of nitriles is 4. The van der Waals surface area contributed by atoms with E-state index in [1.165, 1.54) is 27.7 Å². The van der Waals surface area contributed by atoms with Gasteiger partial charge in [-0.1, -0.05) is 36.4 Å². The first-order chi connectivity index (χ1) is 23.6. The predicted octanol–water partition coefficient (Wildman–Crippen LogP) is -0.818. The predicted molar refractivity (Wildman–Crippen MR) is 193 cm³/mol. The van der Waals surface area contributed by atoms with E-state index in [1.807, 2.05) is 109 Å². The van der Waals surface area contributed by atoms with E-state index < -0.39 is 0 Å². The summed E-state index contributed by atoms with van der Waals surface area (Å²) in [6.07, 6.45) is 10.6. The van der Waals surface area contributed by atoms with Gasteiger partial charge in [0.1, 0.15) is 0 Å². The molecule has 0 radical (unpaired) electrons. The van der Waals surface area contributed by atoms with E-state index in [2.05, 4.69) is 29.9 Å². The first-order valence-electron chi connectivity index (χ1n) is 14.3. The Morgan fingerprint density at radius 1 is 0.308 bits per heavy atom. The Hall–Kier alpha value is -4.31. The second kappa shape index (κ2) is 42.9. The summed E-state index contributed by atoms with van der Waals surface area (Å²) in [7, 11) is 0. The monoisotopic (exact) mass is 1080 g/mol. The van der Waals surface area contributed by atoms with Gasteiger partial charge in [0.05, 0.1) is 58.4 Å². The molecule has 0 bridgehead atoms. The van der Waals surface area contributed by atoms with Crippen LogP contribution in [-0.2, 0) is 0 Å². The SMILES string of the molecule is CC#N.CC#N.CC#N.CC#N.[Ga+3].[I-].[I-].[I-].c1ccc(-c2ccccn2)nc1.c1ccc(-c2ccccn2)nc1.c1ccc(-c2ccccn2)nc1. The Bertz CT molecular complexity index is 1450. The molecule has 52 heavy (non-hydrogen) atoms. The maximum absolute atomic E-state index is 7.32. The van der Waals surface area contributed by atoms with Gasteiger partial charge in [0.15, 0.2) is 0 Å². The minimum Gasteiger partial charge on any atom is -1.00 e. The van der Waals surface area contributed by atoms with Gasteiger partial charge in [-0.3, -0.25) is 29.9 Å². The second-order valence-electron chi connectivity index (χ2n) is 8.18. The number of hydrogen-bond acceptors (Lipinski definition) is 10. The number of hydrogen-bond donors (Lipinski definition) is 0. The normalized spacial score (nSPS) is 7.31. The van der Waals surface area contributed by atoms with Crippen LogP contribution < -0.4 is 71.9 Å². The van der Waals surface area contributed by atoms with E-state index in [9.17, 15) is 0 Å². The molecule has 6 aromatic heterocycles. The van der Waals surface area contributed by atoms with Crippen molar-refractivity contribution < 1.29 is 71.9 Å². The van der Waals surface area contributed by atoms with Crippen molar-refractivity contribution in [2.75, 3.05) is 0 Å². The third-order valence-electron chi connectivity index (χ3n) is 4.78. The van der Waals surface area contributed by atoms with E-state index >= 15 is 0 Å². The second-order valence-corrected chi connectivity index (χ2v) is 8.18. The summed E-state index contributed by atoms with van der Waals surface area (Å²) < 4.78 is 0. The molecule has 0 spiro atoms. The Morgan fingerprint density at radius 3 is 0.500 bits per heavy atom. The van der Waals surface area contributed by atoms with Crippen LogP contribution in [0.3, 0.4) is 0 Å². The molecule has 0 saturated heterocycles. The molecular weight excluding hydrogens is 1050 g/mol. The van der Waals surface area contributed by atoms with E-state index in [0.29, 0.717) is 0 Å². The van der Waals surface area contributed by atoms with Gasteiger partial charge in [0.25, 0.3) is 0 Å². The molecule has 0 aromatic carbocycles. The van der Waals surface area contributed by atoms with E-state index in [4.69, 9.17) is 21.0 Å². The molecule has 0 aliphatic heterocycles. The number of pyridine rings is 6. The van der Waals surface area contributed by atoms with Crippen molar-refractivity contribution in [3.8, 4) is 58.4 Å². The quantitative estimate of drug-likeness (QED) is 0.161. The molecule has 0 aliphatic rings. The molecule has 14 heteroatoms. The molecule has 0 amide bonds. The molecular formula is C38H36GaI3N10. The maximum Gasteiger partial charge on any atom is 3.00 e. The van der Waals surface area contributed by atoms with Crippen molar-refractivity contribution in [2.45, 2.75) is 27.7 Å². The fourth-order valence-corrected chi connectivity index (χ4v) is 3.09. The third kappa shape index (κ3) is 29.4. The van der Waals surface area contributed by atoms with Crippen LogP contribution in [0, 0.1) is 45.3 Å². The van der Waals surface area contributed by atoms with Crippen molar-refractivity contribution in [1.82, 2.24) is 29.9 Å². The van der Waals surface area contributed by atoms with Crippen LogP contribution in [0.2, 0.25) is 0 Å². The van der Waals surface area contributed by atoms with Crippen LogP contribution in [0.25, 0.3) is 34.2 Å². The van der Waals surface area contributed by atoms with E-state index in [1.54, 1.807) is 61.5 Å². The van der Waals surface area contributed by atoms with Crippen LogP contribution in [0.1, 0.15) is 27.7 Å². The number of aromatic nitrogens is 6. The standard InChI is InChI=1S/3C10H8N2.4C2H3N.Ga.3HI/c3*1-3-7-11-9(5-1)10-6-2-4-8-12-10;4*1-2-3;;;;/h3*1-8H;4*1H3;;3*1H/q;;;;;;;+3;;;/p-3. The first-order valence-corrected chi connectivity index (χ1v) is 14.3. The summed E-state index contributed by atoms with van der Waals surface area (Å²) in [5.74, 6) is 0. The smallest absolute Gasteiger partial charge is 1.00 e. The minimum atomic E-state index is 0. The van der Waals surface area contributed by atoms with Gasteiger partial charge in [0.2, 0.25) is 0 Å². The van der Waals surface area contributed by atoms with E-state index in [0.717, 1.165) is 34.2 Å². The van der Waals surface area contributed by atoms with Gasteiger partial charge in [0, 0.05) is 64.9 Å². The average molecular weight is 1080 g/mol. The molecule has 262 valence electrons. The number of halogens is 3. The molecule has 0 atom stereocenters. The van der Waals surface area contributed by atoms with Gasteiger partial charge in [-0.15, -0.1) is 0 Å². The van der Waals surface area contributed by atoms with Gasteiger partial charge < -0.3 is 71.9 Å². The molecule has 0 N–H and O–H groups in total. The zero-order valence-corrected chi connectivity index (χ0v) is 37.9. The minimum absolute atomic E-state index is 0. The fourth-order valence-electron chi connectivity index (χ4n) is 3.09.